The molecule has 14 heavy (non-hydrogen) atoms. The number of rotatable bonds is 3. The van der Waals surface area contributed by atoms with Gasteiger partial charge in [-0.25, -0.2) is 13.6 Å². The van der Waals surface area contributed by atoms with Crippen LogP contribution in [0.25, 0.3) is 0 Å². The third kappa shape index (κ3) is 2.27. The Hall–Kier alpha value is -1.46. The molecule has 0 bridgehead atoms. The Kier molecular flexibility index (Phi) is 3.16. The maximum atomic E-state index is 12.3. The fourth-order valence-electron chi connectivity index (χ4n) is 0.903. The number of hydrogen-bond acceptors (Lipinski definition) is 3. The van der Waals surface area contributed by atoms with E-state index in [1.54, 1.807) is 13.8 Å². The van der Waals surface area contributed by atoms with Gasteiger partial charge in [0.2, 0.25) is 0 Å². The number of esters is 1. The van der Waals surface area contributed by atoms with Gasteiger partial charge < -0.3 is 4.74 Å². The standard InChI is InChI=1S/C8H10F2N2O2/c1-4(2)14-8(13)5-3-11-12-6(5)7(9)10/h3-4,7H,1-2H3,(H,11,12). The third-order valence-corrected chi connectivity index (χ3v) is 1.45. The average molecular weight is 204 g/mol. The number of nitrogens with zero attached hydrogens (tertiary/aromatic N) is 1. The third-order valence-electron chi connectivity index (χ3n) is 1.45. The molecule has 0 aliphatic carbocycles. The Morgan fingerprint density at radius 2 is 2.21 bits per heavy atom. The van der Waals surface area contributed by atoms with Crippen molar-refractivity contribution in [1.82, 2.24) is 10.2 Å². The second kappa shape index (κ2) is 4.17. The molecule has 1 heterocycles. The summed E-state index contributed by atoms with van der Waals surface area (Å²) in [5.41, 5.74) is -0.718. The number of halogens is 2. The van der Waals surface area contributed by atoms with E-state index in [-0.39, 0.29) is 11.7 Å². The lowest BCUT2D eigenvalue weighted by Crippen LogP contribution is -2.12. The summed E-state index contributed by atoms with van der Waals surface area (Å²) in [6.07, 6.45) is -2.07. The minimum atomic E-state index is -2.76. The molecule has 1 aromatic rings. The molecule has 0 fully saturated rings. The average Bonchev–Trinajstić information content (AvgIpc) is 2.49. The number of alkyl halides is 2. The Morgan fingerprint density at radius 1 is 1.57 bits per heavy atom. The Morgan fingerprint density at radius 3 is 2.71 bits per heavy atom. The molecule has 1 aromatic heterocycles. The van der Waals surface area contributed by atoms with Gasteiger partial charge in [-0.15, -0.1) is 0 Å². The number of hydrogen-bond donors (Lipinski definition) is 1. The molecule has 0 unspecified atom stereocenters. The van der Waals surface area contributed by atoms with Crippen LogP contribution in [0.1, 0.15) is 36.3 Å². The first-order valence-corrected chi connectivity index (χ1v) is 4.04. The Labute approximate surface area is 79.3 Å². The van der Waals surface area contributed by atoms with Crippen LogP contribution < -0.4 is 0 Å². The maximum absolute atomic E-state index is 12.3. The number of ether oxygens (including phenoxy) is 1. The first kappa shape index (κ1) is 10.6. The molecular formula is C8H10F2N2O2. The molecule has 0 saturated carbocycles. The molecule has 0 aromatic carbocycles. The quantitative estimate of drug-likeness (QED) is 0.765. The zero-order chi connectivity index (χ0) is 10.7. The molecule has 0 spiro atoms. The fraction of sp³-hybridized carbons (Fsp3) is 0.500. The summed E-state index contributed by atoms with van der Waals surface area (Å²) in [6, 6.07) is 0. The molecule has 1 rings (SSSR count). The van der Waals surface area contributed by atoms with Crippen LogP contribution in [0.5, 0.6) is 0 Å². The highest BCUT2D eigenvalue weighted by atomic mass is 19.3. The molecule has 0 atom stereocenters. The van der Waals surface area contributed by atoms with Gasteiger partial charge in [-0.3, -0.25) is 5.10 Å². The van der Waals surface area contributed by atoms with Crippen LogP contribution >= 0.6 is 0 Å². The van der Waals surface area contributed by atoms with Crippen LogP contribution in [0.3, 0.4) is 0 Å². The van der Waals surface area contributed by atoms with E-state index in [2.05, 4.69) is 10.2 Å². The summed E-state index contributed by atoms with van der Waals surface area (Å²) in [5, 5.41) is 5.42. The minimum Gasteiger partial charge on any atom is -0.459 e. The van der Waals surface area contributed by atoms with Crippen molar-refractivity contribution in [1.29, 1.82) is 0 Å². The van der Waals surface area contributed by atoms with E-state index >= 15 is 0 Å². The van der Waals surface area contributed by atoms with Crippen LogP contribution in [0.2, 0.25) is 0 Å². The number of H-pyrrole nitrogens is 1. The minimum absolute atomic E-state index is 0.214. The molecule has 0 amide bonds. The van der Waals surface area contributed by atoms with E-state index in [1.807, 2.05) is 0 Å². The Bertz CT molecular complexity index is 323. The van der Waals surface area contributed by atoms with Crippen molar-refractivity contribution >= 4 is 5.97 Å². The van der Waals surface area contributed by atoms with Crippen molar-refractivity contribution in [2.75, 3.05) is 0 Å². The summed E-state index contributed by atoms with van der Waals surface area (Å²) in [4.78, 5) is 11.2. The van der Waals surface area contributed by atoms with Crippen molar-refractivity contribution in [3.8, 4) is 0 Å². The highest BCUT2D eigenvalue weighted by Gasteiger charge is 2.22. The van der Waals surface area contributed by atoms with Gasteiger partial charge in [-0.1, -0.05) is 0 Å². The van der Waals surface area contributed by atoms with Gasteiger partial charge in [-0.2, -0.15) is 5.10 Å². The summed E-state index contributed by atoms with van der Waals surface area (Å²) in [7, 11) is 0. The monoisotopic (exact) mass is 204 g/mol. The molecule has 0 saturated heterocycles. The first-order valence-electron chi connectivity index (χ1n) is 4.04. The van der Waals surface area contributed by atoms with Crippen molar-refractivity contribution in [2.45, 2.75) is 26.4 Å². The van der Waals surface area contributed by atoms with Crippen LogP contribution in [0, 0.1) is 0 Å². The number of aromatic amines is 1. The summed E-state index contributed by atoms with van der Waals surface area (Å²) in [5.74, 6) is -0.788. The van der Waals surface area contributed by atoms with Gasteiger partial charge in [0.25, 0.3) is 6.43 Å². The van der Waals surface area contributed by atoms with Crippen LogP contribution in [0.15, 0.2) is 6.20 Å². The maximum Gasteiger partial charge on any atom is 0.342 e. The Balaban J connectivity index is 2.84. The van der Waals surface area contributed by atoms with E-state index < -0.39 is 18.1 Å². The number of carbonyl (C=O) groups excluding carboxylic acids is 1. The second-order valence-corrected chi connectivity index (χ2v) is 2.95. The lowest BCUT2D eigenvalue weighted by atomic mass is 10.2. The van der Waals surface area contributed by atoms with Crippen LogP contribution in [-0.4, -0.2) is 22.3 Å². The number of aromatic nitrogens is 2. The highest BCUT2D eigenvalue weighted by molar-refractivity contribution is 5.90. The molecule has 4 nitrogen and oxygen atoms in total. The largest absolute Gasteiger partial charge is 0.459 e. The predicted molar refractivity (Wildman–Crippen MR) is 44.1 cm³/mol. The molecular weight excluding hydrogens is 194 g/mol. The first-order chi connectivity index (χ1) is 6.52. The van der Waals surface area contributed by atoms with Gasteiger partial charge in [0.15, 0.2) is 0 Å². The van der Waals surface area contributed by atoms with Gasteiger partial charge in [0, 0.05) is 0 Å². The molecule has 0 radical (unpaired) electrons. The van der Waals surface area contributed by atoms with E-state index in [4.69, 9.17) is 4.74 Å². The topological polar surface area (TPSA) is 55.0 Å². The van der Waals surface area contributed by atoms with Crippen LogP contribution in [-0.2, 0) is 4.74 Å². The number of nitrogens with one attached hydrogen (secondary N) is 1. The van der Waals surface area contributed by atoms with Gasteiger partial charge in [0.1, 0.15) is 11.3 Å². The van der Waals surface area contributed by atoms with Gasteiger partial charge >= 0.3 is 5.97 Å². The van der Waals surface area contributed by atoms with Crippen molar-refractivity contribution < 1.29 is 18.3 Å². The summed E-state index contributed by atoms with van der Waals surface area (Å²) in [6.45, 7) is 3.28. The second-order valence-electron chi connectivity index (χ2n) is 2.95. The lowest BCUT2D eigenvalue weighted by Gasteiger charge is -2.07. The zero-order valence-electron chi connectivity index (χ0n) is 7.75. The zero-order valence-corrected chi connectivity index (χ0v) is 7.75. The molecule has 0 aliphatic heterocycles. The van der Waals surface area contributed by atoms with Gasteiger partial charge in [0.05, 0.1) is 12.3 Å². The molecule has 0 aliphatic rings. The van der Waals surface area contributed by atoms with E-state index in [9.17, 15) is 13.6 Å². The van der Waals surface area contributed by atoms with Crippen LogP contribution in [0.4, 0.5) is 8.78 Å². The fourth-order valence-corrected chi connectivity index (χ4v) is 0.903. The predicted octanol–water partition coefficient (Wildman–Crippen LogP) is 1.91. The highest BCUT2D eigenvalue weighted by Crippen LogP contribution is 2.20. The SMILES string of the molecule is CC(C)OC(=O)c1cn[nH]c1C(F)F. The van der Waals surface area contributed by atoms with Crippen molar-refractivity contribution in [3.63, 3.8) is 0 Å². The van der Waals surface area contributed by atoms with E-state index in [1.165, 1.54) is 0 Å². The molecule has 78 valence electrons. The van der Waals surface area contributed by atoms with E-state index in [0.29, 0.717) is 0 Å². The van der Waals surface area contributed by atoms with Crippen molar-refractivity contribution in [2.24, 2.45) is 0 Å². The number of carbonyl (C=O) groups is 1. The normalized spacial score (nSPS) is 11.0. The molecule has 1 N–H and O–H groups in total. The van der Waals surface area contributed by atoms with Crippen molar-refractivity contribution in [3.05, 3.63) is 17.5 Å². The lowest BCUT2D eigenvalue weighted by molar-refractivity contribution is 0.0368. The smallest absolute Gasteiger partial charge is 0.342 e. The summed E-state index contributed by atoms with van der Waals surface area (Å²) < 4.78 is 29.3. The molecule has 6 heteroatoms. The summed E-state index contributed by atoms with van der Waals surface area (Å²) >= 11 is 0. The van der Waals surface area contributed by atoms with E-state index in [0.717, 1.165) is 6.20 Å². The van der Waals surface area contributed by atoms with Gasteiger partial charge in [-0.05, 0) is 13.8 Å².